The van der Waals surface area contributed by atoms with Crippen LogP contribution in [-0.4, -0.2) is 36.0 Å². The molecule has 0 aliphatic carbocycles. The summed E-state index contributed by atoms with van der Waals surface area (Å²) < 4.78 is 92.0. The fourth-order valence-corrected chi connectivity index (χ4v) is 1.06. The van der Waals surface area contributed by atoms with Gasteiger partial charge in [0.15, 0.2) is 0 Å². The molecular weight excluding hydrogens is 297 g/mol. The third kappa shape index (κ3) is 4.76. The summed E-state index contributed by atoms with van der Waals surface area (Å²) in [4.78, 5) is 0. The molecule has 2 nitrogen and oxygen atoms in total. The minimum Gasteiger partial charge on any atom is -0.337 e. The molecule has 2 unspecified atom stereocenters. The van der Waals surface area contributed by atoms with Gasteiger partial charge in [0.2, 0.25) is 0 Å². The second-order valence-electron chi connectivity index (χ2n) is 4.87. The highest BCUT2D eigenvalue weighted by molar-refractivity contribution is 4.83. The Balaban J connectivity index is 0.000000396. The van der Waals surface area contributed by atoms with Crippen LogP contribution < -0.4 is 0 Å². The van der Waals surface area contributed by atoms with Crippen LogP contribution in [0, 0.1) is 0 Å². The lowest BCUT2D eigenvalue weighted by Gasteiger charge is -2.25. The first-order valence-electron chi connectivity index (χ1n) is 5.69. The predicted octanol–water partition coefficient (Wildman–Crippen LogP) is 4.39. The van der Waals surface area contributed by atoms with E-state index in [2.05, 4.69) is 9.47 Å². The lowest BCUT2D eigenvalue weighted by atomic mass is 10.2. The number of ether oxygens (including phenoxy) is 2. The van der Waals surface area contributed by atoms with Crippen LogP contribution in [0.25, 0.3) is 0 Å². The van der Waals surface area contributed by atoms with Crippen molar-refractivity contribution < 1.29 is 40.2 Å². The molecule has 0 N–H and O–H groups in total. The standard InChI is InChI=1S/C7H11F3O2.C4H6F4/c1-4-5(2)12-6(3,11-4)7(8,9)10;1-3(5,6)4(2,7)8/h4-5H,1-3H3;1-2H3. The van der Waals surface area contributed by atoms with Crippen LogP contribution in [0.3, 0.4) is 0 Å². The van der Waals surface area contributed by atoms with Crippen LogP contribution in [0.1, 0.15) is 34.6 Å². The molecule has 1 aliphatic rings. The van der Waals surface area contributed by atoms with Crippen molar-refractivity contribution in [2.45, 2.75) is 70.6 Å². The quantitative estimate of drug-likeness (QED) is 0.669. The SMILES string of the molecule is CC(F)(F)C(C)(F)F.CC1OC(C)(C(F)(F)F)OC1C. The highest BCUT2D eigenvalue weighted by Gasteiger charge is 2.59. The van der Waals surface area contributed by atoms with Gasteiger partial charge in [-0.2, -0.15) is 13.2 Å². The van der Waals surface area contributed by atoms with Gasteiger partial charge in [-0.25, -0.2) is 17.6 Å². The fraction of sp³-hybridized carbons (Fsp3) is 1.00. The van der Waals surface area contributed by atoms with Gasteiger partial charge in [-0.05, 0) is 20.8 Å². The first kappa shape index (κ1) is 19.4. The summed E-state index contributed by atoms with van der Waals surface area (Å²) in [5.74, 6) is -10.2. The number of hydrogen-bond donors (Lipinski definition) is 0. The second-order valence-corrected chi connectivity index (χ2v) is 4.87. The summed E-state index contributed by atoms with van der Waals surface area (Å²) >= 11 is 0. The maximum absolute atomic E-state index is 12.2. The minimum absolute atomic E-state index is 0.188. The summed E-state index contributed by atoms with van der Waals surface area (Å²) in [5.41, 5.74) is 0. The van der Waals surface area contributed by atoms with Crippen LogP contribution in [0.15, 0.2) is 0 Å². The molecule has 122 valence electrons. The van der Waals surface area contributed by atoms with E-state index in [0.717, 1.165) is 6.92 Å². The third-order valence-corrected chi connectivity index (χ3v) is 2.77. The van der Waals surface area contributed by atoms with Crippen molar-refractivity contribution in [3.05, 3.63) is 0 Å². The molecule has 1 fully saturated rings. The molecule has 0 aromatic heterocycles. The largest absolute Gasteiger partial charge is 0.442 e. The molecular formula is C11H17F7O2. The van der Waals surface area contributed by atoms with E-state index in [9.17, 15) is 30.7 Å². The summed E-state index contributed by atoms with van der Waals surface area (Å²) in [5, 5.41) is 0. The fourth-order valence-electron chi connectivity index (χ4n) is 1.06. The molecule has 0 spiro atoms. The van der Waals surface area contributed by atoms with Gasteiger partial charge in [-0.1, -0.05) is 0 Å². The Kier molecular flexibility index (Phi) is 5.51. The molecule has 0 amide bonds. The summed E-state index contributed by atoms with van der Waals surface area (Å²) in [6, 6.07) is 0. The van der Waals surface area contributed by atoms with Gasteiger partial charge in [-0.15, -0.1) is 0 Å². The van der Waals surface area contributed by atoms with E-state index in [0.29, 0.717) is 0 Å². The normalized spacial score (nSPS) is 31.8. The highest BCUT2D eigenvalue weighted by atomic mass is 19.4. The summed E-state index contributed by atoms with van der Waals surface area (Å²) in [7, 11) is 0. The van der Waals surface area contributed by atoms with Crippen LogP contribution >= 0.6 is 0 Å². The van der Waals surface area contributed by atoms with Gasteiger partial charge in [0.05, 0.1) is 12.2 Å². The third-order valence-electron chi connectivity index (χ3n) is 2.77. The van der Waals surface area contributed by atoms with E-state index in [1.54, 1.807) is 13.8 Å². The zero-order valence-electron chi connectivity index (χ0n) is 11.6. The molecule has 0 saturated carbocycles. The van der Waals surface area contributed by atoms with Crippen LogP contribution in [0.2, 0.25) is 0 Å². The molecule has 1 heterocycles. The number of halogens is 7. The zero-order valence-corrected chi connectivity index (χ0v) is 11.6. The van der Waals surface area contributed by atoms with E-state index in [-0.39, 0.29) is 13.8 Å². The van der Waals surface area contributed by atoms with E-state index in [1.165, 1.54) is 0 Å². The number of rotatable bonds is 1. The van der Waals surface area contributed by atoms with Crippen molar-refractivity contribution in [2.24, 2.45) is 0 Å². The average Bonchev–Trinajstić information content (AvgIpc) is 2.38. The lowest BCUT2D eigenvalue weighted by molar-refractivity contribution is -0.341. The topological polar surface area (TPSA) is 18.5 Å². The van der Waals surface area contributed by atoms with Gasteiger partial charge in [0.1, 0.15) is 0 Å². The average molecular weight is 314 g/mol. The van der Waals surface area contributed by atoms with E-state index < -0.39 is 36.0 Å². The van der Waals surface area contributed by atoms with Crippen molar-refractivity contribution in [3.8, 4) is 0 Å². The highest BCUT2D eigenvalue weighted by Crippen LogP contribution is 2.41. The smallest absolute Gasteiger partial charge is 0.337 e. The monoisotopic (exact) mass is 314 g/mol. The Morgan fingerprint density at radius 3 is 1.10 bits per heavy atom. The minimum atomic E-state index is -4.47. The predicted molar refractivity (Wildman–Crippen MR) is 56.8 cm³/mol. The van der Waals surface area contributed by atoms with Crippen LogP contribution in [-0.2, 0) is 9.47 Å². The number of alkyl halides is 7. The van der Waals surface area contributed by atoms with Gasteiger partial charge in [0, 0.05) is 13.8 Å². The molecule has 0 aromatic carbocycles. The van der Waals surface area contributed by atoms with Crippen molar-refractivity contribution >= 4 is 0 Å². The maximum Gasteiger partial charge on any atom is 0.442 e. The molecule has 0 radical (unpaired) electrons. The van der Waals surface area contributed by atoms with Gasteiger partial charge >= 0.3 is 18.0 Å². The van der Waals surface area contributed by atoms with Gasteiger partial charge < -0.3 is 9.47 Å². The first-order chi connectivity index (χ1) is 8.51. The molecule has 1 saturated heterocycles. The Morgan fingerprint density at radius 2 is 1.00 bits per heavy atom. The van der Waals surface area contributed by atoms with Crippen LogP contribution in [0.4, 0.5) is 30.7 Å². The van der Waals surface area contributed by atoms with Crippen LogP contribution in [0.5, 0.6) is 0 Å². The molecule has 0 bridgehead atoms. The first-order valence-corrected chi connectivity index (χ1v) is 5.69. The Bertz CT molecular complexity index is 294. The van der Waals surface area contributed by atoms with Gasteiger partial charge in [-0.3, -0.25) is 0 Å². The molecule has 0 aromatic rings. The van der Waals surface area contributed by atoms with Crippen molar-refractivity contribution in [1.82, 2.24) is 0 Å². The number of hydrogen-bond acceptors (Lipinski definition) is 2. The Morgan fingerprint density at radius 1 is 0.750 bits per heavy atom. The van der Waals surface area contributed by atoms with Crippen molar-refractivity contribution in [3.63, 3.8) is 0 Å². The summed E-state index contributed by atoms with van der Waals surface area (Å²) in [6.07, 6.45) is -5.50. The molecule has 9 heteroatoms. The van der Waals surface area contributed by atoms with E-state index >= 15 is 0 Å². The van der Waals surface area contributed by atoms with E-state index in [4.69, 9.17) is 0 Å². The Hall–Kier alpha value is -0.570. The molecule has 1 rings (SSSR count). The zero-order chi connectivity index (χ0) is 16.6. The van der Waals surface area contributed by atoms with Gasteiger partial charge in [0.25, 0.3) is 5.79 Å². The second kappa shape index (κ2) is 5.67. The summed E-state index contributed by atoms with van der Waals surface area (Å²) in [6.45, 7) is 4.39. The molecule has 2 atom stereocenters. The van der Waals surface area contributed by atoms with Crippen molar-refractivity contribution in [1.29, 1.82) is 0 Å². The van der Waals surface area contributed by atoms with E-state index in [1.807, 2.05) is 0 Å². The lowest BCUT2D eigenvalue weighted by Crippen LogP contribution is -2.43. The molecule has 20 heavy (non-hydrogen) atoms. The Labute approximate surface area is 112 Å². The van der Waals surface area contributed by atoms with Crippen molar-refractivity contribution in [2.75, 3.05) is 0 Å². The molecule has 1 aliphatic heterocycles. The maximum atomic E-state index is 12.2.